The quantitative estimate of drug-likeness (QED) is 0.391. The number of rotatable bonds is 1. The summed E-state index contributed by atoms with van der Waals surface area (Å²) in [6.07, 6.45) is 0. The summed E-state index contributed by atoms with van der Waals surface area (Å²) in [4.78, 5) is 0.150. The van der Waals surface area contributed by atoms with Gasteiger partial charge < -0.3 is 0 Å². The van der Waals surface area contributed by atoms with Crippen molar-refractivity contribution >= 4 is 39.9 Å². The molecule has 0 saturated heterocycles. The summed E-state index contributed by atoms with van der Waals surface area (Å²) in [6.45, 7) is 6.75. The van der Waals surface area contributed by atoms with E-state index in [4.69, 9.17) is 0 Å². The fraction of sp³-hybridized carbons (Fsp3) is 0.333. The van der Waals surface area contributed by atoms with Crippen LogP contribution in [0.1, 0.15) is 10.4 Å². The monoisotopic (exact) mass is 344 g/mol. The Labute approximate surface area is 110 Å². The molecule has 15 heavy (non-hydrogen) atoms. The summed E-state index contributed by atoms with van der Waals surface area (Å²) in [6, 6.07) is 8.25. The zero-order valence-corrected chi connectivity index (χ0v) is 13.3. The molecule has 0 bridgehead atoms. The molecule has 0 radical (unpaired) electrons. The molecule has 0 spiro atoms. The maximum Gasteiger partial charge on any atom is 0.129 e. The summed E-state index contributed by atoms with van der Waals surface area (Å²) in [5, 5.41) is 0. The van der Waals surface area contributed by atoms with Gasteiger partial charge in [-0.2, -0.15) is 0 Å². The molecule has 1 rings (SSSR count). The van der Waals surface area contributed by atoms with Crippen molar-refractivity contribution < 1.29 is 0 Å². The Morgan fingerprint density at radius 2 is 1.67 bits per heavy atom. The molecular formula is C12H14Br2Si. The molecule has 0 heterocycles. The lowest BCUT2D eigenvalue weighted by atomic mass is 10.2. The molecule has 1 atom stereocenters. The lowest BCUT2D eigenvalue weighted by Gasteiger charge is -2.06. The Hall–Kier alpha value is -0.0431. The van der Waals surface area contributed by atoms with E-state index in [1.807, 2.05) is 12.1 Å². The number of alkyl halides is 1. The van der Waals surface area contributed by atoms with Crippen molar-refractivity contribution in [1.29, 1.82) is 0 Å². The first-order valence-electron chi connectivity index (χ1n) is 4.81. The van der Waals surface area contributed by atoms with Crippen LogP contribution in [0.5, 0.6) is 0 Å². The van der Waals surface area contributed by atoms with Gasteiger partial charge in [0.15, 0.2) is 0 Å². The van der Waals surface area contributed by atoms with Crippen LogP contribution in [0.15, 0.2) is 28.7 Å². The molecule has 0 nitrogen and oxygen atoms in total. The van der Waals surface area contributed by atoms with E-state index in [0.29, 0.717) is 0 Å². The van der Waals surface area contributed by atoms with E-state index in [2.05, 4.69) is 75.1 Å². The molecule has 0 aliphatic heterocycles. The van der Waals surface area contributed by atoms with E-state index < -0.39 is 8.07 Å². The van der Waals surface area contributed by atoms with Crippen LogP contribution in [0.3, 0.4) is 0 Å². The second kappa shape index (κ2) is 5.34. The van der Waals surface area contributed by atoms with E-state index in [1.54, 1.807) is 0 Å². The van der Waals surface area contributed by atoms with Crippen molar-refractivity contribution in [2.75, 3.05) is 0 Å². The van der Waals surface area contributed by atoms with E-state index in [1.165, 1.54) is 5.56 Å². The fourth-order valence-corrected chi connectivity index (χ4v) is 2.47. The lowest BCUT2D eigenvalue weighted by molar-refractivity contribution is 1.30. The molecule has 0 aromatic heterocycles. The average Bonchev–Trinajstić information content (AvgIpc) is 2.14. The Morgan fingerprint density at radius 1 is 1.13 bits per heavy atom. The van der Waals surface area contributed by atoms with Gasteiger partial charge in [-0.25, -0.2) is 0 Å². The third kappa shape index (κ3) is 5.01. The molecule has 0 saturated carbocycles. The average molecular weight is 346 g/mol. The number of halogens is 2. The third-order valence-corrected chi connectivity index (χ3v) is 3.92. The SMILES string of the molecule is C[Si](C)(C)C#CC(Br)c1ccc(Br)cc1. The highest BCUT2D eigenvalue weighted by atomic mass is 79.9. The highest BCUT2D eigenvalue weighted by Gasteiger charge is 2.09. The molecule has 1 aromatic carbocycles. The van der Waals surface area contributed by atoms with Gasteiger partial charge in [-0.05, 0) is 17.7 Å². The van der Waals surface area contributed by atoms with Crippen molar-refractivity contribution in [3.8, 4) is 11.5 Å². The fourth-order valence-electron chi connectivity index (χ4n) is 0.995. The molecule has 1 unspecified atom stereocenters. The van der Waals surface area contributed by atoms with Gasteiger partial charge in [-0.3, -0.25) is 0 Å². The molecule has 1 aromatic rings. The third-order valence-electron chi connectivity index (χ3n) is 1.74. The van der Waals surface area contributed by atoms with Crippen LogP contribution in [-0.2, 0) is 0 Å². The van der Waals surface area contributed by atoms with Crippen molar-refractivity contribution in [3.63, 3.8) is 0 Å². The Morgan fingerprint density at radius 3 is 2.13 bits per heavy atom. The predicted octanol–water partition coefficient (Wildman–Crippen LogP) is 4.77. The minimum absolute atomic E-state index is 0.150. The van der Waals surface area contributed by atoms with Crippen LogP contribution in [0.2, 0.25) is 19.6 Å². The molecule has 80 valence electrons. The van der Waals surface area contributed by atoms with Crippen LogP contribution >= 0.6 is 31.9 Å². The minimum Gasteiger partial charge on any atom is -0.130 e. The Balaban J connectivity index is 2.80. The van der Waals surface area contributed by atoms with E-state index >= 15 is 0 Å². The van der Waals surface area contributed by atoms with Crippen molar-refractivity contribution in [1.82, 2.24) is 0 Å². The first kappa shape index (κ1) is 13.0. The van der Waals surface area contributed by atoms with Crippen LogP contribution < -0.4 is 0 Å². The molecule has 0 aliphatic rings. The molecule has 0 aliphatic carbocycles. The summed E-state index contributed by atoms with van der Waals surface area (Å²) in [7, 11) is -1.26. The second-order valence-corrected chi connectivity index (χ2v) is 11.0. The van der Waals surface area contributed by atoms with Crippen molar-refractivity contribution in [2.24, 2.45) is 0 Å². The maximum atomic E-state index is 3.60. The molecule has 0 fully saturated rings. The smallest absolute Gasteiger partial charge is 0.129 e. The van der Waals surface area contributed by atoms with Gasteiger partial charge in [0, 0.05) is 4.47 Å². The Bertz CT molecular complexity index is 379. The van der Waals surface area contributed by atoms with E-state index in [0.717, 1.165) is 4.47 Å². The van der Waals surface area contributed by atoms with E-state index in [9.17, 15) is 0 Å². The van der Waals surface area contributed by atoms with Crippen molar-refractivity contribution in [3.05, 3.63) is 34.3 Å². The molecule has 0 amide bonds. The lowest BCUT2D eigenvalue weighted by Crippen LogP contribution is -2.16. The minimum atomic E-state index is -1.26. The standard InChI is InChI=1S/C12H14Br2Si/c1-15(2,3)9-8-12(14)10-4-6-11(13)7-5-10/h4-7,12H,1-3H3. The Kier molecular flexibility index (Phi) is 4.63. The van der Waals surface area contributed by atoms with Gasteiger partial charge in [0.2, 0.25) is 0 Å². The predicted molar refractivity (Wildman–Crippen MR) is 76.9 cm³/mol. The van der Waals surface area contributed by atoms with Gasteiger partial charge in [0.25, 0.3) is 0 Å². The van der Waals surface area contributed by atoms with Gasteiger partial charge in [0.1, 0.15) is 8.07 Å². The summed E-state index contributed by atoms with van der Waals surface area (Å²) in [5.41, 5.74) is 4.58. The second-order valence-electron chi connectivity index (χ2n) is 4.43. The van der Waals surface area contributed by atoms with Crippen LogP contribution in [0.4, 0.5) is 0 Å². The van der Waals surface area contributed by atoms with Gasteiger partial charge in [-0.15, -0.1) is 5.54 Å². The number of hydrogen-bond donors (Lipinski definition) is 0. The highest BCUT2D eigenvalue weighted by Crippen LogP contribution is 2.23. The first-order chi connectivity index (χ1) is 6.88. The normalized spacial score (nSPS) is 12.9. The summed E-state index contributed by atoms with van der Waals surface area (Å²) >= 11 is 7.02. The van der Waals surface area contributed by atoms with Gasteiger partial charge in [-0.1, -0.05) is 69.6 Å². The zero-order chi connectivity index (χ0) is 11.5. The molecule has 3 heteroatoms. The largest absolute Gasteiger partial charge is 0.130 e. The zero-order valence-electron chi connectivity index (χ0n) is 9.14. The maximum absolute atomic E-state index is 3.60. The number of hydrogen-bond acceptors (Lipinski definition) is 0. The molecular weight excluding hydrogens is 332 g/mol. The van der Waals surface area contributed by atoms with Crippen LogP contribution in [-0.4, -0.2) is 8.07 Å². The van der Waals surface area contributed by atoms with Crippen molar-refractivity contribution in [2.45, 2.75) is 24.5 Å². The first-order valence-corrected chi connectivity index (χ1v) is 10.0. The van der Waals surface area contributed by atoms with Crippen LogP contribution in [0.25, 0.3) is 0 Å². The highest BCUT2D eigenvalue weighted by molar-refractivity contribution is 9.10. The topological polar surface area (TPSA) is 0 Å². The van der Waals surface area contributed by atoms with E-state index in [-0.39, 0.29) is 4.83 Å². The summed E-state index contributed by atoms with van der Waals surface area (Å²) in [5.74, 6) is 3.27. The van der Waals surface area contributed by atoms with Gasteiger partial charge in [0.05, 0.1) is 4.83 Å². The number of benzene rings is 1. The molecule has 0 N–H and O–H groups in total. The summed E-state index contributed by atoms with van der Waals surface area (Å²) < 4.78 is 1.10. The van der Waals surface area contributed by atoms with Crippen LogP contribution in [0, 0.1) is 11.5 Å². The van der Waals surface area contributed by atoms with Gasteiger partial charge >= 0.3 is 0 Å².